The zero-order valence-corrected chi connectivity index (χ0v) is 14.8. The van der Waals surface area contributed by atoms with E-state index in [0.29, 0.717) is 16.7 Å². The number of hydrogen-bond acceptors (Lipinski definition) is 5. The van der Waals surface area contributed by atoms with Crippen LogP contribution in [0.25, 0.3) is 22.3 Å². The number of nitrogens with zero attached hydrogens (tertiary/aromatic N) is 2. The summed E-state index contributed by atoms with van der Waals surface area (Å²) in [5, 5.41) is 0. The van der Waals surface area contributed by atoms with E-state index in [9.17, 15) is 21.6 Å². The molecule has 0 aliphatic rings. The van der Waals surface area contributed by atoms with E-state index in [4.69, 9.17) is 5.73 Å². The standard InChI is InChI=1S/C18H14F3N3O2S/c1-27(25,26)14-4-2-11(3-5-14)13-8-15(17(22)24-10-13)12-6-7-23-16(9-12)18(19,20)21/h2-10H,1H3,(H2,22,24). The van der Waals surface area contributed by atoms with Crippen molar-refractivity contribution in [3.8, 4) is 22.3 Å². The third kappa shape index (κ3) is 4.08. The third-order valence-electron chi connectivity index (χ3n) is 3.90. The molecule has 27 heavy (non-hydrogen) atoms. The summed E-state index contributed by atoms with van der Waals surface area (Å²) >= 11 is 0. The van der Waals surface area contributed by atoms with E-state index in [0.717, 1.165) is 18.5 Å². The Labute approximate surface area is 153 Å². The highest BCUT2D eigenvalue weighted by Gasteiger charge is 2.32. The third-order valence-corrected chi connectivity index (χ3v) is 5.02. The minimum absolute atomic E-state index is 0.0748. The lowest BCUT2D eigenvalue weighted by molar-refractivity contribution is -0.141. The van der Waals surface area contributed by atoms with E-state index < -0.39 is 21.7 Å². The molecule has 5 nitrogen and oxygen atoms in total. The quantitative estimate of drug-likeness (QED) is 0.731. The van der Waals surface area contributed by atoms with Crippen LogP contribution in [0, 0.1) is 0 Å². The first-order valence-corrected chi connectivity index (χ1v) is 9.54. The molecule has 2 heterocycles. The van der Waals surface area contributed by atoms with Gasteiger partial charge in [-0.05, 0) is 41.5 Å². The summed E-state index contributed by atoms with van der Waals surface area (Å²) in [6.45, 7) is 0. The average Bonchev–Trinajstić information content (AvgIpc) is 2.61. The first-order chi connectivity index (χ1) is 12.6. The van der Waals surface area contributed by atoms with Crippen LogP contribution < -0.4 is 5.73 Å². The maximum Gasteiger partial charge on any atom is 0.433 e. The number of rotatable bonds is 3. The molecule has 0 fully saturated rings. The Balaban J connectivity index is 2.05. The Bertz CT molecular complexity index is 1100. The number of nitrogens with two attached hydrogens (primary N) is 1. The molecule has 0 radical (unpaired) electrons. The molecular weight excluding hydrogens is 379 g/mol. The zero-order chi connectivity index (χ0) is 19.8. The number of alkyl halides is 3. The lowest BCUT2D eigenvalue weighted by Gasteiger charge is -2.11. The molecule has 0 bridgehead atoms. The van der Waals surface area contributed by atoms with Gasteiger partial charge in [-0.2, -0.15) is 13.2 Å². The van der Waals surface area contributed by atoms with E-state index in [1.54, 1.807) is 18.2 Å². The van der Waals surface area contributed by atoms with Crippen LogP contribution in [0.2, 0.25) is 0 Å². The number of anilines is 1. The molecule has 0 saturated carbocycles. The highest BCUT2D eigenvalue weighted by atomic mass is 32.2. The summed E-state index contributed by atoms with van der Waals surface area (Å²) in [5.41, 5.74) is 6.62. The summed E-state index contributed by atoms with van der Waals surface area (Å²) in [6.07, 6.45) is -0.935. The Hall–Kier alpha value is -2.94. The number of aromatic nitrogens is 2. The van der Waals surface area contributed by atoms with Crippen LogP contribution in [-0.4, -0.2) is 24.6 Å². The second-order valence-corrected chi connectivity index (χ2v) is 7.90. The van der Waals surface area contributed by atoms with Gasteiger partial charge in [-0.15, -0.1) is 0 Å². The molecule has 0 atom stereocenters. The van der Waals surface area contributed by atoms with Gasteiger partial charge in [-0.3, -0.25) is 4.98 Å². The van der Waals surface area contributed by atoms with Crippen LogP contribution in [0.15, 0.2) is 59.8 Å². The molecule has 0 unspecified atom stereocenters. The van der Waals surface area contributed by atoms with Gasteiger partial charge in [0.1, 0.15) is 11.5 Å². The Kier molecular flexibility index (Phi) is 4.64. The second kappa shape index (κ2) is 6.66. The minimum atomic E-state index is -4.57. The van der Waals surface area contributed by atoms with Crippen molar-refractivity contribution in [2.45, 2.75) is 11.1 Å². The van der Waals surface area contributed by atoms with Crippen molar-refractivity contribution < 1.29 is 21.6 Å². The van der Waals surface area contributed by atoms with Crippen LogP contribution in [0.3, 0.4) is 0 Å². The molecule has 3 rings (SSSR count). The molecule has 0 amide bonds. The summed E-state index contributed by atoms with van der Waals surface area (Å²) in [5.74, 6) is 0.0748. The largest absolute Gasteiger partial charge is 0.433 e. The molecule has 9 heteroatoms. The van der Waals surface area contributed by atoms with Gasteiger partial charge >= 0.3 is 6.18 Å². The molecule has 1 aromatic carbocycles. The van der Waals surface area contributed by atoms with E-state index in [1.165, 1.54) is 24.4 Å². The van der Waals surface area contributed by atoms with Crippen molar-refractivity contribution >= 4 is 15.7 Å². The normalized spacial score (nSPS) is 12.1. The van der Waals surface area contributed by atoms with Crippen molar-refractivity contribution in [3.05, 3.63) is 60.6 Å². The van der Waals surface area contributed by atoms with Gasteiger partial charge in [0, 0.05) is 29.8 Å². The Morgan fingerprint density at radius 1 is 0.926 bits per heavy atom. The van der Waals surface area contributed by atoms with Crippen LogP contribution in [0.1, 0.15) is 5.69 Å². The fourth-order valence-corrected chi connectivity index (χ4v) is 3.14. The van der Waals surface area contributed by atoms with Crippen molar-refractivity contribution in [3.63, 3.8) is 0 Å². The van der Waals surface area contributed by atoms with Crippen molar-refractivity contribution in [1.29, 1.82) is 0 Å². The monoisotopic (exact) mass is 393 g/mol. The summed E-state index contributed by atoms with van der Waals surface area (Å²) in [4.78, 5) is 7.55. The summed E-state index contributed by atoms with van der Waals surface area (Å²) in [6, 6.07) is 10.0. The van der Waals surface area contributed by atoms with Gasteiger partial charge < -0.3 is 5.73 Å². The number of hydrogen-bond donors (Lipinski definition) is 1. The number of pyridine rings is 2. The van der Waals surface area contributed by atoms with Gasteiger partial charge in [-0.1, -0.05) is 12.1 Å². The van der Waals surface area contributed by atoms with Crippen LogP contribution in [0.5, 0.6) is 0 Å². The topological polar surface area (TPSA) is 85.9 Å². The number of nitrogen functional groups attached to an aromatic ring is 1. The molecule has 0 aliphatic heterocycles. The van der Waals surface area contributed by atoms with Crippen molar-refractivity contribution in [2.75, 3.05) is 12.0 Å². The van der Waals surface area contributed by atoms with Crippen LogP contribution in [-0.2, 0) is 16.0 Å². The molecule has 2 aromatic heterocycles. The molecule has 140 valence electrons. The van der Waals surface area contributed by atoms with Gasteiger partial charge in [0.05, 0.1) is 4.90 Å². The van der Waals surface area contributed by atoms with E-state index >= 15 is 0 Å². The molecule has 2 N–H and O–H groups in total. The fraction of sp³-hybridized carbons (Fsp3) is 0.111. The van der Waals surface area contributed by atoms with E-state index in [1.807, 2.05) is 0 Å². The second-order valence-electron chi connectivity index (χ2n) is 5.88. The van der Waals surface area contributed by atoms with Crippen LogP contribution in [0.4, 0.5) is 19.0 Å². The highest BCUT2D eigenvalue weighted by Crippen LogP contribution is 2.33. The van der Waals surface area contributed by atoms with Gasteiger partial charge in [0.15, 0.2) is 9.84 Å². The number of sulfone groups is 1. The average molecular weight is 393 g/mol. The Morgan fingerprint density at radius 3 is 2.19 bits per heavy atom. The number of halogens is 3. The summed E-state index contributed by atoms with van der Waals surface area (Å²) < 4.78 is 61.8. The lowest BCUT2D eigenvalue weighted by Crippen LogP contribution is -2.07. The van der Waals surface area contributed by atoms with Crippen LogP contribution >= 0.6 is 0 Å². The molecule has 3 aromatic rings. The van der Waals surface area contributed by atoms with Crippen molar-refractivity contribution in [1.82, 2.24) is 9.97 Å². The Morgan fingerprint density at radius 2 is 1.59 bits per heavy atom. The first-order valence-electron chi connectivity index (χ1n) is 7.65. The van der Waals surface area contributed by atoms with E-state index in [-0.39, 0.29) is 16.3 Å². The maximum absolute atomic E-state index is 12.9. The summed E-state index contributed by atoms with van der Waals surface area (Å²) in [7, 11) is -3.33. The zero-order valence-electron chi connectivity index (χ0n) is 14.0. The fourth-order valence-electron chi connectivity index (χ4n) is 2.51. The van der Waals surface area contributed by atoms with E-state index in [2.05, 4.69) is 9.97 Å². The van der Waals surface area contributed by atoms with Gasteiger partial charge in [-0.25, -0.2) is 13.4 Å². The maximum atomic E-state index is 12.9. The first kappa shape index (κ1) is 18.8. The SMILES string of the molecule is CS(=O)(=O)c1ccc(-c2cnc(N)c(-c3ccnc(C(F)(F)F)c3)c2)cc1. The highest BCUT2D eigenvalue weighted by molar-refractivity contribution is 7.90. The molecule has 0 spiro atoms. The molecular formula is C18H14F3N3O2S. The minimum Gasteiger partial charge on any atom is -0.383 e. The predicted octanol–water partition coefficient (Wildman–Crippen LogP) is 3.82. The molecule has 0 saturated heterocycles. The molecule has 0 aliphatic carbocycles. The predicted molar refractivity (Wildman–Crippen MR) is 95.4 cm³/mol. The lowest BCUT2D eigenvalue weighted by atomic mass is 10.0. The number of benzene rings is 1. The smallest absolute Gasteiger partial charge is 0.383 e. The van der Waals surface area contributed by atoms with Crippen molar-refractivity contribution in [2.24, 2.45) is 0 Å². The van der Waals surface area contributed by atoms with Gasteiger partial charge in [0.2, 0.25) is 0 Å². The van der Waals surface area contributed by atoms with Gasteiger partial charge in [0.25, 0.3) is 0 Å².